The summed E-state index contributed by atoms with van der Waals surface area (Å²) in [6, 6.07) is 23.7. The first-order valence-corrected chi connectivity index (χ1v) is 11.5. The molecule has 2 amide bonds. The lowest BCUT2D eigenvalue weighted by Crippen LogP contribution is -2.14. The van der Waals surface area contributed by atoms with E-state index >= 15 is 0 Å². The minimum absolute atomic E-state index is 0.115. The zero-order chi connectivity index (χ0) is 23.9. The molecule has 34 heavy (non-hydrogen) atoms. The van der Waals surface area contributed by atoms with Gasteiger partial charge in [-0.1, -0.05) is 42.1 Å². The topological polar surface area (TPSA) is 98.1 Å². The highest BCUT2D eigenvalue weighted by Gasteiger charge is 2.15. The van der Waals surface area contributed by atoms with Gasteiger partial charge < -0.3 is 19.9 Å². The molecule has 172 valence electrons. The summed E-state index contributed by atoms with van der Waals surface area (Å²) in [6.45, 7) is 0. The largest absolute Gasteiger partial charge is 0.496 e. The van der Waals surface area contributed by atoms with Crippen LogP contribution in [0.3, 0.4) is 0 Å². The van der Waals surface area contributed by atoms with E-state index in [1.165, 1.54) is 18.9 Å². The summed E-state index contributed by atoms with van der Waals surface area (Å²) < 4.78 is 7.09. The first kappa shape index (κ1) is 23.1. The standard InChI is InChI=1S/C25H23N5O3S/c1-30-23(28-29-25(30)34-16-22(31)26-18-8-4-3-5-9-18)17-12-14-19(15-13-17)27-24(32)20-10-6-7-11-21(20)33-2/h3-15H,16H2,1-2H3,(H,26,31)(H,27,32). The number of carbonyl (C=O) groups excluding carboxylic acids is 2. The Balaban J connectivity index is 1.38. The summed E-state index contributed by atoms with van der Waals surface area (Å²) >= 11 is 1.31. The fourth-order valence-corrected chi connectivity index (χ4v) is 3.98. The van der Waals surface area contributed by atoms with Gasteiger partial charge in [-0.3, -0.25) is 9.59 Å². The summed E-state index contributed by atoms with van der Waals surface area (Å²) in [7, 11) is 3.38. The molecule has 0 saturated heterocycles. The van der Waals surface area contributed by atoms with Crippen molar-refractivity contribution in [1.29, 1.82) is 0 Å². The van der Waals surface area contributed by atoms with Gasteiger partial charge in [0.1, 0.15) is 5.75 Å². The number of ether oxygens (including phenoxy) is 1. The molecule has 0 aliphatic heterocycles. The number of carbonyl (C=O) groups is 2. The molecule has 9 heteroatoms. The van der Waals surface area contributed by atoms with Crippen LogP contribution in [0.1, 0.15) is 10.4 Å². The molecule has 1 heterocycles. The van der Waals surface area contributed by atoms with E-state index in [4.69, 9.17) is 4.74 Å². The molecule has 0 fully saturated rings. The van der Waals surface area contributed by atoms with Crippen molar-refractivity contribution in [3.05, 3.63) is 84.4 Å². The summed E-state index contributed by atoms with van der Waals surface area (Å²) in [6.07, 6.45) is 0. The second-order valence-corrected chi connectivity index (χ2v) is 8.24. The zero-order valence-electron chi connectivity index (χ0n) is 18.7. The monoisotopic (exact) mass is 473 g/mol. The third-order valence-electron chi connectivity index (χ3n) is 4.98. The second-order valence-electron chi connectivity index (χ2n) is 7.30. The lowest BCUT2D eigenvalue weighted by Gasteiger charge is -2.10. The molecule has 2 N–H and O–H groups in total. The van der Waals surface area contributed by atoms with Gasteiger partial charge in [0.15, 0.2) is 11.0 Å². The average Bonchev–Trinajstić information content (AvgIpc) is 3.24. The summed E-state index contributed by atoms with van der Waals surface area (Å²) in [5.41, 5.74) is 2.70. The molecule has 0 aliphatic carbocycles. The normalized spacial score (nSPS) is 10.5. The lowest BCUT2D eigenvalue weighted by molar-refractivity contribution is -0.113. The fourth-order valence-electron chi connectivity index (χ4n) is 3.27. The summed E-state index contributed by atoms with van der Waals surface area (Å²) in [5, 5.41) is 14.8. The van der Waals surface area contributed by atoms with Crippen molar-refractivity contribution in [1.82, 2.24) is 14.8 Å². The highest BCUT2D eigenvalue weighted by Crippen LogP contribution is 2.25. The molecule has 0 spiro atoms. The maximum absolute atomic E-state index is 12.6. The Hall–Kier alpha value is -4.11. The number of nitrogens with zero attached hydrogens (tertiary/aromatic N) is 3. The quantitative estimate of drug-likeness (QED) is 0.366. The van der Waals surface area contributed by atoms with E-state index in [2.05, 4.69) is 20.8 Å². The first-order chi connectivity index (χ1) is 16.5. The summed E-state index contributed by atoms with van der Waals surface area (Å²) in [4.78, 5) is 24.8. The molecule has 0 radical (unpaired) electrons. The molecule has 4 aromatic rings. The Labute approximate surface area is 201 Å². The van der Waals surface area contributed by atoms with Crippen molar-refractivity contribution in [3.63, 3.8) is 0 Å². The molecule has 4 rings (SSSR count). The molecule has 0 saturated carbocycles. The van der Waals surface area contributed by atoms with Crippen LogP contribution < -0.4 is 15.4 Å². The Morgan fingerprint density at radius 1 is 0.882 bits per heavy atom. The van der Waals surface area contributed by atoms with Crippen molar-refractivity contribution < 1.29 is 14.3 Å². The average molecular weight is 474 g/mol. The molecule has 0 bridgehead atoms. The summed E-state index contributed by atoms with van der Waals surface area (Å²) in [5.74, 6) is 1.02. The Kier molecular flexibility index (Phi) is 7.24. The van der Waals surface area contributed by atoms with Crippen LogP contribution in [0.4, 0.5) is 11.4 Å². The number of aromatic nitrogens is 3. The van der Waals surface area contributed by atoms with Crippen LogP contribution in [0, 0.1) is 0 Å². The van der Waals surface area contributed by atoms with E-state index < -0.39 is 0 Å². The van der Waals surface area contributed by atoms with E-state index in [-0.39, 0.29) is 17.6 Å². The third-order valence-corrected chi connectivity index (χ3v) is 6.00. The fraction of sp³-hybridized carbons (Fsp3) is 0.120. The molecular formula is C25H23N5O3S. The van der Waals surface area contributed by atoms with Gasteiger partial charge in [-0.15, -0.1) is 10.2 Å². The van der Waals surface area contributed by atoms with Gasteiger partial charge in [0.25, 0.3) is 5.91 Å². The van der Waals surface area contributed by atoms with E-state index in [1.807, 2.05) is 60.1 Å². The van der Waals surface area contributed by atoms with Crippen LogP contribution in [-0.2, 0) is 11.8 Å². The predicted octanol–water partition coefficient (Wildman–Crippen LogP) is 4.47. The number of rotatable bonds is 8. The van der Waals surface area contributed by atoms with Crippen molar-refractivity contribution in [2.24, 2.45) is 7.05 Å². The van der Waals surface area contributed by atoms with Crippen LogP contribution in [0.25, 0.3) is 11.4 Å². The van der Waals surface area contributed by atoms with Crippen LogP contribution >= 0.6 is 11.8 Å². The lowest BCUT2D eigenvalue weighted by atomic mass is 10.1. The van der Waals surface area contributed by atoms with Crippen molar-refractivity contribution in [2.75, 3.05) is 23.5 Å². The van der Waals surface area contributed by atoms with Crippen molar-refractivity contribution in [3.8, 4) is 17.1 Å². The highest BCUT2D eigenvalue weighted by molar-refractivity contribution is 7.99. The van der Waals surface area contributed by atoms with Crippen molar-refractivity contribution >= 4 is 35.0 Å². The Morgan fingerprint density at radius 2 is 1.56 bits per heavy atom. The van der Waals surface area contributed by atoms with E-state index in [0.717, 1.165) is 11.3 Å². The van der Waals surface area contributed by atoms with Crippen LogP contribution in [-0.4, -0.2) is 39.4 Å². The number of methoxy groups -OCH3 is 1. The Morgan fingerprint density at radius 3 is 2.29 bits per heavy atom. The smallest absolute Gasteiger partial charge is 0.259 e. The number of anilines is 2. The molecule has 0 aliphatic rings. The van der Waals surface area contributed by atoms with Gasteiger partial charge in [0.2, 0.25) is 5.91 Å². The number of nitrogens with one attached hydrogen (secondary N) is 2. The minimum Gasteiger partial charge on any atom is -0.496 e. The predicted molar refractivity (Wildman–Crippen MR) is 133 cm³/mol. The van der Waals surface area contributed by atoms with Gasteiger partial charge in [0, 0.05) is 24.0 Å². The highest BCUT2D eigenvalue weighted by atomic mass is 32.2. The maximum Gasteiger partial charge on any atom is 0.259 e. The van der Waals surface area contributed by atoms with Gasteiger partial charge in [0.05, 0.1) is 18.4 Å². The zero-order valence-corrected chi connectivity index (χ0v) is 19.5. The van der Waals surface area contributed by atoms with E-state index in [1.54, 1.807) is 30.3 Å². The number of hydrogen-bond donors (Lipinski definition) is 2. The molecule has 1 aromatic heterocycles. The van der Waals surface area contributed by atoms with Gasteiger partial charge >= 0.3 is 0 Å². The maximum atomic E-state index is 12.6. The van der Waals surface area contributed by atoms with Crippen LogP contribution in [0.5, 0.6) is 5.75 Å². The van der Waals surface area contributed by atoms with Crippen LogP contribution in [0.15, 0.2) is 84.0 Å². The molecule has 8 nitrogen and oxygen atoms in total. The Bertz CT molecular complexity index is 1290. The SMILES string of the molecule is COc1ccccc1C(=O)Nc1ccc(-c2nnc(SCC(=O)Nc3ccccc3)n2C)cc1. The molecule has 0 unspecified atom stereocenters. The number of amides is 2. The van der Waals surface area contributed by atoms with Gasteiger partial charge in [-0.25, -0.2) is 0 Å². The van der Waals surface area contributed by atoms with Gasteiger partial charge in [-0.2, -0.15) is 0 Å². The van der Waals surface area contributed by atoms with E-state index in [0.29, 0.717) is 28.0 Å². The van der Waals surface area contributed by atoms with Crippen LogP contribution in [0.2, 0.25) is 0 Å². The number of benzene rings is 3. The molecular weight excluding hydrogens is 450 g/mol. The van der Waals surface area contributed by atoms with E-state index in [9.17, 15) is 9.59 Å². The minimum atomic E-state index is -0.253. The van der Waals surface area contributed by atoms with Gasteiger partial charge in [-0.05, 0) is 48.5 Å². The second kappa shape index (κ2) is 10.7. The van der Waals surface area contributed by atoms with Crippen molar-refractivity contribution in [2.45, 2.75) is 5.16 Å². The molecule has 0 atom stereocenters. The number of hydrogen-bond acceptors (Lipinski definition) is 6. The first-order valence-electron chi connectivity index (χ1n) is 10.5. The molecule has 3 aromatic carbocycles. The number of para-hydroxylation sites is 2. The third kappa shape index (κ3) is 5.44. The number of thioether (sulfide) groups is 1.